The van der Waals surface area contributed by atoms with Gasteiger partial charge in [-0.15, -0.1) is 0 Å². The molecular weight excluding hydrogens is 254 g/mol. The molecule has 0 aliphatic heterocycles. The van der Waals surface area contributed by atoms with E-state index in [1.807, 2.05) is 6.26 Å². The molecule has 0 aliphatic carbocycles. The molecule has 0 spiro atoms. The van der Waals surface area contributed by atoms with Gasteiger partial charge in [-0.25, -0.2) is 0 Å². The summed E-state index contributed by atoms with van der Waals surface area (Å²) in [5, 5.41) is 13.0. The van der Waals surface area contributed by atoms with E-state index < -0.39 is 5.60 Å². The first-order chi connectivity index (χ1) is 6.02. The number of amides is 1. The molecule has 3 nitrogen and oxygen atoms in total. The van der Waals surface area contributed by atoms with E-state index in [-0.39, 0.29) is 5.91 Å². The smallest absolute Gasteiger partial charge is 0.220 e. The van der Waals surface area contributed by atoms with Gasteiger partial charge in [0.2, 0.25) is 5.91 Å². The fraction of sp³-hybridized carbons (Fsp3) is 0.875. The van der Waals surface area contributed by atoms with Gasteiger partial charge >= 0.3 is 0 Å². The largest absolute Gasteiger partial charge is 0.387 e. The lowest BCUT2D eigenvalue weighted by Crippen LogP contribution is -2.42. The minimum atomic E-state index is -0.804. The maximum atomic E-state index is 11.0. The molecule has 1 unspecified atom stereocenters. The molecule has 0 aliphatic rings. The Morgan fingerprint density at radius 2 is 2.31 bits per heavy atom. The van der Waals surface area contributed by atoms with Crippen molar-refractivity contribution in [3.05, 3.63) is 0 Å². The van der Waals surface area contributed by atoms with E-state index >= 15 is 0 Å². The molecule has 0 rings (SSSR count). The second kappa shape index (κ2) is 6.68. The lowest BCUT2D eigenvalue weighted by molar-refractivity contribution is -0.121. The second-order valence-corrected chi connectivity index (χ2v) is 4.80. The number of halogens is 1. The van der Waals surface area contributed by atoms with Crippen molar-refractivity contribution >= 4 is 33.6 Å². The monoisotopic (exact) mass is 269 g/mol. The van der Waals surface area contributed by atoms with E-state index in [2.05, 4.69) is 21.2 Å². The maximum absolute atomic E-state index is 11.0. The van der Waals surface area contributed by atoms with Gasteiger partial charge in [-0.05, 0) is 13.2 Å². The van der Waals surface area contributed by atoms with Gasteiger partial charge in [0.25, 0.3) is 0 Å². The predicted octanol–water partition coefficient (Wildman–Crippen LogP) is 1.00. The lowest BCUT2D eigenvalue weighted by Gasteiger charge is -2.22. The summed E-state index contributed by atoms with van der Waals surface area (Å²) in [5.74, 6) is 0.597. The van der Waals surface area contributed by atoms with E-state index in [9.17, 15) is 9.90 Å². The minimum absolute atomic E-state index is 0.0294. The Balaban J connectivity index is 3.67. The van der Waals surface area contributed by atoms with Crippen LogP contribution in [0, 0.1) is 0 Å². The van der Waals surface area contributed by atoms with Crippen LogP contribution in [0.15, 0.2) is 0 Å². The number of carbonyl (C=O) groups is 1. The summed E-state index contributed by atoms with van der Waals surface area (Å²) in [7, 11) is 0. The Morgan fingerprint density at radius 1 is 1.69 bits per heavy atom. The zero-order valence-corrected chi connectivity index (χ0v) is 10.4. The van der Waals surface area contributed by atoms with Crippen LogP contribution in [0.4, 0.5) is 0 Å². The van der Waals surface area contributed by atoms with Crippen LogP contribution >= 0.6 is 27.7 Å². The highest BCUT2D eigenvalue weighted by molar-refractivity contribution is 9.09. The molecule has 0 saturated carbocycles. The number of carbonyl (C=O) groups excluding carboxylic acids is 1. The van der Waals surface area contributed by atoms with Crippen LogP contribution in [0.25, 0.3) is 0 Å². The Kier molecular flexibility index (Phi) is 6.81. The molecule has 0 fully saturated rings. The molecule has 0 aromatic rings. The fourth-order valence-corrected chi connectivity index (χ4v) is 1.91. The number of hydrogen-bond acceptors (Lipinski definition) is 3. The van der Waals surface area contributed by atoms with Gasteiger partial charge in [-0.2, -0.15) is 11.8 Å². The van der Waals surface area contributed by atoms with E-state index in [1.54, 1.807) is 18.7 Å². The molecule has 2 N–H and O–H groups in total. The van der Waals surface area contributed by atoms with E-state index in [0.717, 1.165) is 0 Å². The highest BCUT2D eigenvalue weighted by Gasteiger charge is 2.19. The SMILES string of the molecule is CSCC(C)(O)CNC(=O)CCBr. The normalized spacial score (nSPS) is 15.1. The number of alkyl halides is 1. The molecular formula is C8H16BrNO2S. The quantitative estimate of drug-likeness (QED) is 0.708. The molecule has 5 heteroatoms. The van der Waals surface area contributed by atoms with Crippen LogP contribution in [0.5, 0.6) is 0 Å². The van der Waals surface area contributed by atoms with Crippen molar-refractivity contribution in [2.45, 2.75) is 18.9 Å². The second-order valence-electron chi connectivity index (χ2n) is 3.15. The molecule has 0 heterocycles. The molecule has 0 saturated heterocycles. The van der Waals surface area contributed by atoms with Gasteiger partial charge in [0, 0.05) is 24.0 Å². The minimum Gasteiger partial charge on any atom is -0.387 e. The maximum Gasteiger partial charge on any atom is 0.220 e. The van der Waals surface area contributed by atoms with Crippen LogP contribution in [0.2, 0.25) is 0 Å². The first-order valence-electron chi connectivity index (χ1n) is 4.06. The van der Waals surface area contributed by atoms with Crippen molar-refractivity contribution < 1.29 is 9.90 Å². The summed E-state index contributed by atoms with van der Waals surface area (Å²) in [6.07, 6.45) is 2.38. The van der Waals surface area contributed by atoms with Crippen molar-refractivity contribution in [3.8, 4) is 0 Å². The zero-order chi connectivity index (χ0) is 10.3. The predicted molar refractivity (Wildman–Crippen MR) is 60.4 cm³/mol. The summed E-state index contributed by atoms with van der Waals surface area (Å²) in [6.45, 7) is 2.04. The summed E-state index contributed by atoms with van der Waals surface area (Å²) in [4.78, 5) is 11.0. The molecule has 13 heavy (non-hydrogen) atoms. The van der Waals surface area contributed by atoms with Crippen LogP contribution in [-0.4, -0.2) is 40.5 Å². The number of rotatable bonds is 6. The third-order valence-electron chi connectivity index (χ3n) is 1.44. The van der Waals surface area contributed by atoms with Crippen LogP contribution in [0.3, 0.4) is 0 Å². The summed E-state index contributed by atoms with van der Waals surface area (Å²) < 4.78 is 0. The summed E-state index contributed by atoms with van der Waals surface area (Å²) in [6, 6.07) is 0. The van der Waals surface area contributed by atoms with Crippen molar-refractivity contribution in [1.82, 2.24) is 5.32 Å². The van der Waals surface area contributed by atoms with Crippen LogP contribution < -0.4 is 5.32 Å². The van der Waals surface area contributed by atoms with Gasteiger partial charge in [0.1, 0.15) is 0 Å². The Bertz CT molecular complexity index is 164. The number of aliphatic hydroxyl groups is 1. The van der Waals surface area contributed by atoms with Crippen LogP contribution in [-0.2, 0) is 4.79 Å². The molecule has 0 aromatic heterocycles. The third kappa shape index (κ3) is 7.34. The van der Waals surface area contributed by atoms with E-state index in [1.165, 1.54) is 0 Å². The number of hydrogen-bond donors (Lipinski definition) is 2. The molecule has 1 atom stereocenters. The average molecular weight is 270 g/mol. The van der Waals surface area contributed by atoms with Gasteiger partial charge in [0.15, 0.2) is 0 Å². The topological polar surface area (TPSA) is 49.3 Å². The first-order valence-corrected chi connectivity index (χ1v) is 6.57. The Hall–Kier alpha value is 0.260. The summed E-state index contributed by atoms with van der Waals surface area (Å²) in [5.41, 5.74) is -0.804. The highest BCUT2D eigenvalue weighted by Crippen LogP contribution is 2.08. The Labute approximate surface area is 91.8 Å². The number of nitrogens with one attached hydrogen (secondary N) is 1. The van der Waals surface area contributed by atoms with Crippen molar-refractivity contribution in [2.24, 2.45) is 0 Å². The Morgan fingerprint density at radius 3 is 2.77 bits per heavy atom. The molecule has 0 radical (unpaired) electrons. The van der Waals surface area contributed by atoms with Gasteiger partial charge in [-0.1, -0.05) is 15.9 Å². The molecule has 0 bridgehead atoms. The van der Waals surface area contributed by atoms with Crippen LogP contribution in [0.1, 0.15) is 13.3 Å². The lowest BCUT2D eigenvalue weighted by atomic mass is 10.1. The molecule has 0 aromatic carbocycles. The van der Waals surface area contributed by atoms with Gasteiger partial charge in [-0.3, -0.25) is 4.79 Å². The van der Waals surface area contributed by atoms with Gasteiger partial charge in [0.05, 0.1) is 5.60 Å². The zero-order valence-electron chi connectivity index (χ0n) is 7.97. The number of thioether (sulfide) groups is 1. The van der Waals surface area contributed by atoms with E-state index in [0.29, 0.717) is 24.0 Å². The third-order valence-corrected chi connectivity index (χ3v) is 2.75. The highest BCUT2D eigenvalue weighted by atomic mass is 79.9. The fourth-order valence-electron chi connectivity index (χ4n) is 0.825. The van der Waals surface area contributed by atoms with E-state index in [4.69, 9.17) is 0 Å². The first kappa shape index (κ1) is 13.3. The molecule has 78 valence electrons. The standard InChI is InChI=1S/C8H16BrNO2S/c1-8(12,6-13-2)5-10-7(11)3-4-9/h12H,3-6H2,1-2H3,(H,10,11). The average Bonchev–Trinajstić information content (AvgIpc) is 2.02. The van der Waals surface area contributed by atoms with Gasteiger partial charge < -0.3 is 10.4 Å². The molecule has 1 amide bonds. The van der Waals surface area contributed by atoms with Crippen molar-refractivity contribution in [3.63, 3.8) is 0 Å². The van der Waals surface area contributed by atoms with Crippen molar-refractivity contribution in [2.75, 3.05) is 23.9 Å². The van der Waals surface area contributed by atoms with Crippen molar-refractivity contribution in [1.29, 1.82) is 0 Å². The summed E-state index contributed by atoms with van der Waals surface area (Å²) >= 11 is 4.74.